The van der Waals surface area contributed by atoms with E-state index in [1.165, 1.54) is 30.2 Å². The normalized spacial score (nSPS) is 16.9. The quantitative estimate of drug-likeness (QED) is 0.841. The maximum Gasteiger partial charge on any atom is 0.261 e. The first-order valence-electron chi connectivity index (χ1n) is 6.75. The lowest BCUT2D eigenvalue weighted by Crippen LogP contribution is -2.34. The predicted molar refractivity (Wildman–Crippen MR) is 79.3 cm³/mol. The van der Waals surface area contributed by atoms with E-state index in [9.17, 15) is 13.2 Å². The number of carbonyl (C=O) groups is 1. The van der Waals surface area contributed by atoms with E-state index in [0.717, 1.165) is 18.8 Å². The molecule has 1 fully saturated rings. The fourth-order valence-electron chi connectivity index (χ4n) is 2.20. The largest absolute Gasteiger partial charge is 0.349 e. The van der Waals surface area contributed by atoms with Crippen LogP contribution in [0, 0.1) is 12.8 Å². The first kappa shape index (κ1) is 15.5. The third kappa shape index (κ3) is 3.80. The van der Waals surface area contributed by atoms with Gasteiger partial charge in [0.25, 0.3) is 5.91 Å². The zero-order chi connectivity index (χ0) is 14.9. The van der Waals surface area contributed by atoms with Crippen LogP contribution >= 0.6 is 11.3 Å². The Bertz CT molecular complexity index is 603. The lowest BCUT2D eigenvalue weighted by atomic mass is 10.1. The molecular formula is C13H20N2O3S2. The number of amides is 1. The summed E-state index contributed by atoms with van der Waals surface area (Å²) in [6, 6.07) is 1.53. The molecule has 1 amide bonds. The lowest BCUT2D eigenvalue weighted by molar-refractivity contribution is 0.0936. The van der Waals surface area contributed by atoms with Crippen molar-refractivity contribution in [1.82, 2.24) is 5.32 Å². The zero-order valence-electron chi connectivity index (χ0n) is 11.7. The van der Waals surface area contributed by atoms with E-state index in [2.05, 4.69) is 5.32 Å². The van der Waals surface area contributed by atoms with Gasteiger partial charge in [0.15, 0.2) is 0 Å². The molecule has 0 aliphatic heterocycles. The van der Waals surface area contributed by atoms with Crippen molar-refractivity contribution in [2.75, 3.05) is 0 Å². The number of rotatable bonds is 6. The fraction of sp³-hybridized carbons (Fsp3) is 0.615. The van der Waals surface area contributed by atoms with Crippen LogP contribution < -0.4 is 10.5 Å². The molecular weight excluding hydrogens is 296 g/mol. The molecule has 1 aromatic heterocycles. The Kier molecular flexibility index (Phi) is 4.51. The molecule has 2 rings (SSSR count). The van der Waals surface area contributed by atoms with Crippen molar-refractivity contribution in [1.29, 1.82) is 0 Å². The second-order valence-corrected chi connectivity index (χ2v) is 8.12. The van der Waals surface area contributed by atoms with Crippen LogP contribution in [-0.2, 0) is 10.0 Å². The van der Waals surface area contributed by atoms with Crippen LogP contribution in [-0.4, -0.2) is 20.4 Å². The summed E-state index contributed by atoms with van der Waals surface area (Å²) < 4.78 is 22.7. The lowest BCUT2D eigenvalue weighted by Gasteiger charge is -2.15. The van der Waals surface area contributed by atoms with Gasteiger partial charge in [-0.1, -0.05) is 19.8 Å². The highest BCUT2D eigenvalue weighted by atomic mass is 32.2. The SMILES string of the molecule is CCC(CC1CC1)NC(=O)c1cc(S(N)(=O)=O)c(C)s1. The van der Waals surface area contributed by atoms with E-state index in [-0.39, 0.29) is 16.8 Å². The molecule has 0 saturated heterocycles. The smallest absolute Gasteiger partial charge is 0.261 e. The van der Waals surface area contributed by atoms with Crippen molar-refractivity contribution < 1.29 is 13.2 Å². The average Bonchev–Trinajstić information content (AvgIpc) is 3.06. The summed E-state index contributed by atoms with van der Waals surface area (Å²) >= 11 is 1.17. The highest BCUT2D eigenvalue weighted by Crippen LogP contribution is 2.34. The van der Waals surface area contributed by atoms with Crippen molar-refractivity contribution in [3.8, 4) is 0 Å². The minimum Gasteiger partial charge on any atom is -0.349 e. The number of hydrogen-bond acceptors (Lipinski definition) is 4. The van der Waals surface area contributed by atoms with Crippen LogP contribution in [0.25, 0.3) is 0 Å². The van der Waals surface area contributed by atoms with Gasteiger partial charge in [-0.2, -0.15) is 0 Å². The predicted octanol–water partition coefficient (Wildman–Crippen LogP) is 2.01. The number of sulfonamides is 1. The average molecular weight is 316 g/mol. The Morgan fingerprint density at radius 3 is 2.65 bits per heavy atom. The van der Waals surface area contributed by atoms with Gasteiger partial charge in [-0.05, 0) is 31.7 Å². The topological polar surface area (TPSA) is 89.3 Å². The summed E-state index contributed by atoms with van der Waals surface area (Å²) in [6.07, 6.45) is 4.39. The molecule has 0 bridgehead atoms. The van der Waals surface area contributed by atoms with Gasteiger partial charge in [-0.3, -0.25) is 4.79 Å². The van der Waals surface area contributed by atoms with E-state index in [1.807, 2.05) is 6.92 Å². The number of hydrogen-bond donors (Lipinski definition) is 2. The summed E-state index contributed by atoms with van der Waals surface area (Å²) in [6.45, 7) is 3.70. The number of nitrogens with one attached hydrogen (secondary N) is 1. The summed E-state index contributed by atoms with van der Waals surface area (Å²) in [5, 5.41) is 8.10. The molecule has 1 aliphatic rings. The summed E-state index contributed by atoms with van der Waals surface area (Å²) in [7, 11) is -3.76. The Morgan fingerprint density at radius 1 is 1.55 bits per heavy atom. The standard InChI is InChI=1S/C13H20N2O3S2/c1-3-10(6-9-4-5-9)15-13(16)11-7-12(8(2)19-11)20(14,17)18/h7,9-10H,3-6H2,1-2H3,(H,15,16)(H2,14,17,18). The second kappa shape index (κ2) is 5.83. The molecule has 1 saturated carbocycles. The van der Waals surface area contributed by atoms with Crippen LogP contribution in [0.4, 0.5) is 0 Å². The van der Waals surface area contributed by atoms with E-state index in [1.54, 1.807) is 6.92 Å². The number of aryl methyl sites for hydroxylation is 1. The number of thiophene rings is 1. The van der Waals surface area contributed by atoms with Crippen molar-refractivity contribution >= 4 is 27.3 Å². The first-order chi connectivity index (χ1) is 9.31. The van der Waals surface area contributed by atoms with Crippen LogP contribution in [0.2, 0.25) is 0 Å². The molecule has 0 aromatic carbocycles. The van der Waals surface area contributed by atoms with Crippen LogP contribution in [0.3, 0.4) is 0 Å². The monoisotopic (exact) mass is 316 g/mol. The molecule has 5 nitrogen and oxygen atoms in total. The maximum atomic E-state index is 12.2. The van der Waals surface area contributed by atoms with Gasteiger partial charge in [-0.15, -0.1) is 11.3 Å². The molecule has 1 atom stereocenters. The van der Waals surface area contributed by atoms with Crippen LogP contribution in [0.15, 0.2) is 11.0 Å². The Balaban J connectivity index is 2.08. The van der Waals surface area contributed by atoms with Gasteiger partial charge >= 0.3 is 0 Å². The third-order valence-corrected chi connectivity index (χ3v) is 5.76. The van der Waals surface area contributed by atoms with E-state index in [0.29, 0.717) is 9.75 Å². The number of carbonyl (C=O) groups excluding carboxylic acids is 1. The zero-order valence-corrected chi connectivity index (χ0v) is 13.3. The van der Waals surface area contributed by atoms with Gasteiger partial charge in [-0.25, -0.2) is 13.6 Å². The van der Waals surface area contributed by atoms with Crippen LogP contribution in [0.1, 0.15) is 47.2 Å². The van der Waals surface area contributed by atoms with E-state index < -0.39 is 10.0 Å². The molecule has 0 radical (unpaired) electrons. The fourth-order valence-corrected chi connectivity index (χ4v) is 4.25. The highest BCUT2D eigenvalue weighted by Gasteiger charge is 2.26. The molecule has 0 spiro atoms. The molecule has 1 unspecified atom stereocenters. The van der Waals surface area contributed by atoms with Crippen molar-refractivity contribution in [3.63, 3.8) is 0 Å². The van der Waals surface area contributed by atoms with Crippen molar-refractivity contribution in [3.05, 3.63) is 15.8 Å². The van der Waals surface area contributed by atoms with E-state index >= 15 is 0 Å². The first-order valence-corrected chi connectivity index (χ1v) is 9.11. The van der Waals surface area contributed by atoms with E-state index in [4.69, 9.17) is 5.14 Å². The minimum atomic E-state index is -3.76. The van der Waals surface area contributed by atoms with Crippen molar-refractivity contribution in [2.24, 2.45) is 11.1 Å². The summed E-state index contributed by atoms with van der Waals surface area (Å²) in [4.78, 5) is 13.2. The molecule has 20 heavy (non-hydrogen) atoms. The molecule has 1 heterocycles. The third-order valence-electron chi connectivity index (χ3n) is 3.55. The molecule has 1 aliphatic carbocycles. The summed E-state index contributed by atoms with van der Waals surface area (Å²) in [5.74, 6) is 0.533. The molecule has 7 heteroatoms. The Morgan fingerprint density at radius 2 is 2.20 bits per heavy atom. The van der Waals surface area contributed by atoms with Crippen molar-refractivity contribution in [2.45, 2.75) is 50.5 Å². The van der Waals surface area contributed by atoms with Gasteiger partial charge in [0.1, 0.15) is 0 Å². The molecule has 3 N–H and O–H groups in total. The van der Waals surface area contributed by atoms with Gasteiger partial charge in [0.2, 0.25) is 10.0 Å². The van der Waals surface area contributed by atoms with Gasteiger partial charge < -0.3 is 5.32 Å². The number of nitrogens with two attached hydrogens (primary N) is 1. The Hall–Kier alpha value is -0.920. The molecule has 1 aromatic rings. The minimum absolute atomic E-state index is 0.0443. The van der Waals surface area contributed by atoms with Crippen LogP contribution in [0.5, 0.6) is 0 Å². The summed E-state index contributed by atoms with van der Waals surface area (Å²) in [5.41, 5.74) is 0. The Labute approximate surface area is 123 Å². The maximum absolute atomic E-state index is 12.2. The second-order valence-electron chi connectivity index (χ2n) is 5.33. The highest BCUT2D eigenvalue weighted by molar-refractivity contribution is 7.89. The number of primary sulfonamides is 1. The van der Waals surface area contributed by atoms with Gasteiger partial charge in [0.05, 0.1) is 9.77 Å². The van der Waals surface area contributed by atoms with Gasteiger partial charge in [0, 0.05) is 10.9 Å². The molecule has 112 valence electrons.